The molecule has 1 saturated carbocycles. The Balaban J connectivity index is 1.41. The van der Waals surface area contributed by atoms with E-state index in [9.17, 15) is 4.79 Å². The Morgan fingerprint density at radius 1 is 1.21 bits per heavy atom. The number of nitrogens with zero attached hydrogens (tertiary/aromatic N) is 4. The lowest BCUT2D eigenvalue weighted by atomic mass is 9.67. The molecule has 0 unspecified atom stereocenters. The van der Waals surface area contributed by atoms with E-state index in [4.69, 9.17) is 4.74 Å². The number of anilines is 1. The number of carbonyl (C=O) groups excluding carboxylic acids is 1. The monoisotopic (exact) mass is 400 g/mol. The van der Waals surface area contributed by atoms with Crippen LogP contribution in [0.5, 0.6) is 0 Å². The van der Waals surface area contributed by atoms with Crippen LogP contribution in [-0.4, -0.2) is 45.7 Å². The van der Waals surface area contributed by atoms with Crippen molar-refractivity contribution in [3.05, 3.63) is 24.3 Å². The molecule has 1 atom stereocenters. The standard InChI is InChI=1S/C21H28N4O2S/c1-4-25(5-2)16-9-7-15(8-10-16)18-22-23-20(24(18)3)28-14-17-13-21(11-6-12-21)19(26)27-17/h7-10,17H,4-6,11-14H2,1-3H3/t17-/m0/s1. The lowest BCUT2D eigenvalue weighted by molar-refractivity contribution is -0.151. The minimum atomic E-state index is -0.164. The molecule has 1 spiro atoms. The molecular weight excluding hydrogens is 372 g/mol. The largest absolute Gasteiger partial charge is 0.461 e. The molecule has 1 aromatic carbocycles. The molecule has 2 fully saturated rings. The zero-order valence-electron chi connectivity index (χ0n) is 16.9. The van der Waals surface area contributed by atoms with Crippen LogP contribution in [0.15, 0.2) is 29.4 Å². The number of benzene rings is 1. The number of ether oxygens (including phenoxy) is 1. The fourth-order valence-electron chi connectivity index (χ4n) is 4.21. The van der Waals surface area contributed by atoms with E-state index in [1.54, 1.807) is 11.8 Å². The van der Waals surface area contributed by atoms with Gasteiger partial charge >= 0.3 is 5.97 Å². The molecule has 1 aliphatic heterocycles. The summed E-state index contributed by atoms with van der Waals surface area (Å²) in [7, 11) is 1.99. The smallest absolute Gasteiger partial charge is 0.312 e. The summed E-state index contributed by atoms with van der Waals surface area (Å²) < 4.78 is 7.63. The van der Waals surface area contributed by atoms with E-state index in [0.717, 1.165) is 61.1 Å². The molecule has 2 aromatic rings. The van der Waals surface area contributed by atoms with Crippen molar-refractivity contribution >= 4 is 23.4 Å². The van der Waals surface area contributed by atoms with Crippen LogP contribution < -0.4 is 4.90 Å². The number of cyclic esters (lactones) is 1. The van der Waals surface area contributed by atoms with Crippen LogP contribution in [0.2, 0.25) is 0 Å². The lowest BCUT2D eigenvalue weighted by Gasteiger charge is -2.33. The van der Waals surface area contributed by atoms with E-state index in [1.807, 2.05) is 11.6 Å². The van der Waals surface area contributed by atoms with E-state index < -0.39 is 0 Å². The summed E-state index contributed by atoms with van der Waals surface area (Å²) in [4.78, 5) is 14.4. The maximum atomic E-state index is 12.1. The van der Waals surface area contributed by atoms with Gasteiger partial charge in [-0.1, -0.05) is 18.2 Å². The minimum absolute atomic E-state index is 0.00805. The quantitative estimate of drug-likeness (QED) is 0.519. The predicted octanol–water partition coefficient (Wildman–Crippen LogP) is 3.91. The fourth-order valence-corrected chi connectivity index (χ4v) is 5.11. The molecule has 2 aliphatic rings. The number of esters is 1. The topological polar surface area (TPSA) is 60.3 Å². The number of carbonyl (C=O) groups is 1. The molecule has 1 aliphatic carbocycles. The highest BCUT2D eigenvalue weighted by Crippen LogP contribution is 2.50. The van der Waals surface area contributed by atoms with Crippen LogP contribution in [0.25, 0.3) is 11.4 Å². The van der Waals surface area contributed by atoms with Crippen LogP contribution in [0.1, 0.15) is 39.5 Å². The Morgan fingerprint density at radius 2 is 1.93 bits per heavy atom. The molecule has 4 rings (SSSR count). The highest BCUT2D eigenvalue weighted by Gasteiger charge is 2.52. The van der Waals surface area contributed by atoms with Crippen LogP contribution in [0.3, 0.4) is 0 Å². The molecule has 150 valence electrons. The summed E-state index contributed by atoms with van der Waals surface area (Å²) in [6.45, 7) is 6.32. The highest BCUT2D eigenvalue weighted by molar-refractivity contribution is 7.99. The molecular formula is C21H28N4O2S. The van der Waals surface area contributed by atoms with E-state index in [0.29, 0.717) is 0 Å². The number of hydrogen-bond donors (Lipinski definition) is 0. The zero-order valence-corrected chi connectivity index (χ0v) is 17.7. The van der Waals surface area contributed by atoms with Gasteiger partial charge in [0.05, 0.1) is 5.41 Å². The second-order valence-corrected chi connectivity index (χ2v) is 8.75. The summed E-state index contributed by atoms with van der Waals surface area (Å²) in [5, 5.41) is 9.60. The van der Waals surface area contributed by atoms with Crippen molar-refractivity contribution in [1.82, 2.24) is 14.8 Å². The molecule has 0 amide bonds. The fraction of sp³-hybridized carbons (Fsp3) is 0.571. The maximum absolute atomic E-state index is 12.1. The van der Waals surface area contributed by atoms with Crippen molar-refractivity contribution in [1.29, 1.82) is 0 Å². The molecule has 0 bridgehead atoms. The average molecular weight is 401 g/mol. The summed E-state index contributed by atoms with van der Waals surface area (Å²) in [5.74, 6) is 1.60. The van der Waals surface area contributed by atoms with Gasteiger partial charge < -0.3 is 14.2 Å². The van der Waals surface area contributed by atoms with Gasteiger partial charge in [0, 0.05) is 43.6 Å². The van der Waals surface area contributed by atoms with Gasteiger partial charge in [0.1, 0.15) is 6.10 Å². The second-order valence-electron chi connectivity index (χ2n) is 7.76. The van der Waals surface area contributed by atoms with E-state index >= 15 is 0 Å². The van der Waals surface area contributed by atoms with Crippen molar-refractivity contribution in [2.45, 2.75) is 50.8 Å². The van der Waals surface area contributed by atoms with Gasteiger partial charge in [-0.15, -0.1) is 10.2 Å². The first kappa shape index (κ1) is 19.3. The van der Waals surface area contributed by atoms with Crippen LogP contribution in [0.4, 0.5) is 5.69 Å². The number of rotatable bonds is 7. The third-order valence-electron chi connectivity index (χ3n) is 6.12. The molecule has 28 heavy (non-hydrogen) atoms. The highest BCUT2D eigenvalue weighted by atomic mass is 32.2. The first-order chi connectivity index (χ1) is 13.6. The van der Waals surface area contributed by atoms with Crippen molar-refractivity contribution < 1.29 is 9.53 Å². The molecule has 2 heterocycles. The van der Waals surface area contributed by atoms with Crippen LogP contribution in [0, 0.1) is 5.41 Å². The van der Waals surface area contributed by atoms with Crippen molar-refractivity contribution in [2.24, 2.45) is 12.5 Å². The maximum Gasteiger partial charge on any atom is 0.312 e. The van der Waals surface area contributed by atoms with Gasteiger partial charge in [-0.2, -0.15) is 0 Å². The molecule has 1 saturated heterocycles. The van der Waals surface area contributed by atoms with Gasteiger partial charge in [-0.05, 0) is 51.0 Å². The van der Waals surface area contributed by atoms with Crippen molar-refractivity contribution in [3.63, 3.8) is 0 Å². The Kier molecular flexibility index (Phi) is 5.36. The van der Waals surface area contributed by atoms with Gasteiger partial charge in [0.25, 0.3) is 0 Å². The summed E-state index contributed by atoms with van der Waals surface area (Å²) in [6, 6.07) is 8.48. The van der Waals surface area contributed by atoms with Gasteiger partial charge in [0.2, 0.25) is 0 Å². The number of aromatic nitrogens is 3. The number of hydrogen-bond acceptors (Lipinski definition) is 6. The van der Waals surface area contributed by atoms with Gasteiger partial charge in [-0.3, -0.25) is 4.79 Å². The molecule has 0 N–H and O–H groups in total. The Hall–Kier alpha value is -2.02. The van der Waals surface area contributed by atoms with E-state index in [1.165, 1.54) is 5.69 Å². The summed E-state index contributed by atoms with van der Waals surface area (Å²) in [6.07, 6.45) is 3.98. The van der Waals surface area contributed by atoms with Crippen LogP contribution in [-0.2, 0) is 16.6 Å². The average Bonchev–Trinajstić information content (AvgIpc) is 3.21. The Morgan fingerprint density at radius 3 is 2.50 bits per heavy atom. The van der Waals surface area contributed by atoms with E-state index in [2.05, 4.69) is 53.2 Å². The van der Waals surface area contributed by atoms with Crippen molar-refractivity contribution in [2.75, 3.05) is 23.7 Å². The first-order valence-electron chi connectivity index (χ1n) is 10.1. The number of thioether (sulfide) groups is 1. The van der Waals surface area contributed by atoms with Crippen LogP contribution >= 0.6 is 11.8 Å². The van der Waals surface area contributed by atoms with Gasteiger partial charge in [-0.25, -0.2) is 0 Å². The van der Waals surface area contributed by atoms with Gasteiger partial charge in [0.15, 0.2) is 11.0 Å². The molecule has 7 heteroatoms. The normalized spacial score (nSPS) is 20.2. The molecule has 1 aromatic heterocycles. The summed E-state index contributed by atoms with van der Waals surface area (Å²) >= 11 is 1.62. The van der Waals surface area contributed by atoms with E-state index in [-0.39, 0.29) is 17.5 Å². The Labute approximate surface area is 170 Å². The third-order valence-corrected chi connectivity index (χ3v) is 7.28. The third kappa shape index (κ3) is 3.41. The molecule has 0 radical (unpaired) electrons. The SMILES string of the molecule is CCN(CC)c1ccc(-c2nnc(SC[C@@H]3CC4(CCC4)C(=O)O3)n2C)cc1. The van der Waals surface area contributed by atoms with Crippen molar-refractivity contribution in [3.8, 4) is 11.4 Å². The predicted molar refractivity (Wildman–Crippen MR) is 112 cm³/mol. The zero-order chi connectivity index (χ0) is 19.7. The second kappa shape index (κ2) is 7.78. The Bertz CT molecular complexity index is 841. The first-order valence-corrected chi connectivity index (χ1v) is 11.1. The summed E-state index contributed by atoms with van der Waals surface area (Å²) in [5.41, 5.74) is 2.11. The minimum Gasteiger partial charge on any atom is -0.461 e. The lowest BCUT2D eigenvalue weighted by Crippen LogP contribution is -2.33. The molecule has 6 nitrogen and oxygen atoms in total.